The molecule has 240 valence electrons. The zero-order chi connectivity index (χ0) is 31.8. The molecule has 5 rings (SSSR count). The maximum atomic E-state index is 12.1. The molecule has 4 aromatic rings. The fourth-order valence-electron chi connectivity index (χ4n) is 7.05. The third-order valence-corrected chi connectivity index (χ3v) is 9.15. The summed E-state index contributed by atoms with van der Waals surface area (Å²) in [5, 5.41) is 4.68. The summed E-state index contributed by atoms with van der Waals surface area (Å²) in [5.74, 6) is 3.98. The van der Waals surface area contributed by atoms with Gasteiger partial charge in [-0.25, -0.2) is 9.50 Å². The zero-order valence-corrected chi connectivity index (χ0v) is 27.5. The monoisotopic (exact) mass is 610 g/mol. The number of carbonyl (C=O) groups is 1. The Hall–Kier alpha value is -3.87. The van der Waals surface area contributed by atoms with Crippen LogP contribution in [0.5, 0.6) is 11.5 Å². The van der Waals surface area contributed by atoms with E-state index in [1.165, 1.54) is 44.2 Å². The summed E-state index contributed by atoms with van der Waals surface area (Å²) in [6.07, 6.45) is 13.8. The highest BCUT2D eigenvalue weighted by Gasteiger charge is 2.30. The first-order valence-electron chi connectivity index (χ1n) is 16.9. The first-order chi connectivity index (χ1) is 21.7. The molecule has 0 spiro atoms. The fourth-order valence-corrected chi connectivity index (χ4v) is 7.05. The molecular formula is C38H50N4O3. The molecule has 7 nitrogen and oxygen atoms in total. The summed E-state index contributed by atoms with van der Waals surface area (Å²) in [7, 11) is 0. The maximum absolute atomic E-state index is 12.1. The maximum Gasteiger partial charge on any atom is 0.306 e. The van der Waals surface area contributed by atoms with Crippen LogP contribution in [0, 0.1) is 11.8 Å². The van der Waals surface area contributed by atoms with Gasteiger partial charge in [-0.2, -0.15) is 5.10 Å². The second-order valence-corrected chi connectivity index (χ2v) is 13.7. The quantitative estimate of drug-likeness (QED) is 0.120. The van der Waals surface area contributed by atoms with Crippen molar-refractivity contribution in [2.75, 3.05) is 5.73 Å². The van der Waals surface area contributed by atoms with Crippen molar-refractivity contribution in [3.63, 3.8) is 0 Å². The van der Waals surface area contributed by atoms with E-state index in [1.807, 2.05) is 67.8 Å². The zero-order valence-electron chi connectivity index (χ0n) is 27.5. The predicted octanol–water partition coefficient (Wildman–Crippen LogP) is 9.75. The Bertz CT molecular complexity index is 1520. The number of fused-ring (bicyclic) bond motifs is 1. The Balaban J connectivity index is 1.21. The molecule has 0 saturated heterocycles. The Morgan fingerprint density at radius 1 is 0.956 bits per heavy atom. The molecule has 7 heteroatoms. The highest BCUT2D eigenvalue weighted by molar-refractivity contribution is 5.88. The summed E-state index contributed by atoms with van der Waals surface area (Å²) in [6.45, 7) is 8.09. The number of nitrogens with two attached hydrogens (primary N) is 1. The summed E-state index contributed by atoms with van der Waals surface area (Å²) in [5.41, 5.74) is 10.3. The molecule has 2 aromatic heterocycles. The summed E-state index contributed by atoms with van der Waals surface area (Å²) in [4.78, 5) is 16.4. The SMILES string of the molecule is CCCC(CCCCCC(=O)OC(C)(C)C)C1CCC(c2cc(-c3ccc(Oc4ccccc4)cc3)c3c(N)ncnn23)CC1. The van der Waals surface area contributed by atoms with Gasteiger partial charge in [-0.15, -0.1) is 0 Å². The van der Waals surface area contributed by atoms with Crippen LogP contribution in [0.3, 0.4) is 0 Å². The van der Waals surface area contributed by atoms with Gasteiger partial charge in [0, 0.05) is 23.6 Å². The van der Waals surface area contributed by atoms with Crippen LogP contribution in [0.25, 0.3) is 16.6 Å². The van der Waals surface area contributed by atoms with Gasteiger partial charge in [-0.05, 0) is 101 Å². The van der Waals surface area contributed by atoms with Crippen molar-refractivity contribution in [1.29, 1.82) is 0 Å². The standard InChI is InChI=1S/C38H50N4O3/c1-5-12-27(13-8-6-11-16-35(43)45-38(2,3)4)28-17-19-30(20-18-28)34-25-33(36-37(39)40-26-41-42(34)36)29-21-23-32(24-22-29)44-31-14-9-7-10-15-31/h7,9-10,14-15,21-28,30H,5-6,8,11-13,16-20H2,1-4H3,(H2,39,40,41). The molecule has 1 unspecified atom stereocenters. The largest absolute Gasteiger partial charge is 0.460 e. The van der Waals surface area contributed by atoms with E-state index in [-0.39, 0.29) is 5.97 Å². The van der Waals surface area contributed by atoms with E-state index in [1.54, 1.807) is 6.33 Å². The summed E-state index contributed by atoms with van der Waals surface area (Å²) < 4.78 is 13.5. The van der Waals surface area contributed by atoms with Crippen molar-refractivity contribution < 1.29 is 14.3 Å². The third kappa shape index (κ3) is 8.65. The van der Waals surface area contributed by atoms with E-state index in [4.69, 9.17) is 15.2 Å². The Morgan fingerprint density at radius 2 is 1.67 bits per heavy atom. The number of esters is 1. The molecule has 1 atom stereocenters. The van der Waals surface area contributed by atoms with E-state index in [2.05, 4.69) is 35.2 Å². The smallest absolute Gasteiger partial charge is 0.306 e. The van der Waals surface area contributed by atoms with E-state index >= 15 is 0 Å². The molecule has 0 bridgehead atoms. The predicted molar refractivity (Wildman–Crippen MR) is 181 cm³/mol. The highest BCUT2D eigenvalue weighted by atomic mass is 16.6. The Morgan fingerprint density at radius 3 is 2.36 bits per heavy atom. The number of rotatable bonds is 13. The lowest BCUT2D eigenvalue weighted by molar-refractivity contribution is -0.154. The average molecular weight is 611 g/mol. The first kappa shape index (κ1) is 32.5. The van der Waals surface area contributed by atoms with Crippen LogP contribution in [-0.4, -0.2) is 26.2 Å². The number of ether oxygens (including phenoxy) is 2. The van der Waals surface area contributed by atoms with Crippen LogP contribution in [-0.2, 0) is 9.53 Å². The van der Waals surface area contributed by atoms with Gasteiger partial charge in [0.2, 0.25) is 0 Å². The first-order valence-corrected chi connectivity index (χ1v) is 16.9. The molecule has 2 N–H and O–H groups in total. The minimum Gasteiger partial charge on any atom is -0.460 e. The second-order valence-electron chi connectivity index (χ2n) is 13.7. The van der Waals surface area contributed by atoms with Crippen LogP contribution in [0.15, 0.2) is 67.0 Å². The molecule has 2 aromatic carbocycles. The Kier molecular flexibility index (Phi) is 10.8. The highest BCUT2D eigenvalue weighted by Crippen LogP contribution is 2.44. The van der Waals surface area contributed by atoms with Gasteiger partial charge in [-0.1, -0.05) is 69.4 Å². The van der Waals surface area contributed by atoms with Gasteiger partial charge in [-0.3, -0.25) is 4.79 Å². The van der Waals surface area contributed by atoms with E-state index in [0.29, 0.717) is 18.2 Å². The van der Waals surface area contributed by atoms with Gasteiger partial charge in [0.25, 0.3) is 0 Å². The number of unbranched alkanes of at least 4 members (excludes halogenated alkanes) is 2. The minimum absolute atomic E-state index is 0.0758. The van der Waals surface area contributed by atoms with E-state index < -0.39 is 5.60 Å². The average Bonchev–Trinajstić information content (AvgIpc) is 3.41. The number of hydrogen-bond donors (Lipinski definition) is 1. The number of aromatic nitrogens is 3. The number of hydrogen-bond acceptors (Lipinski definition) is 6. The van der Waals surface area contributed by atoms with Gasteiger partial charge >= 0.3 is 5.97 Å². The van der Waals surface area contributed by atoms with Gasteiger partial charge < -0.3 is 15.2 Å². The van der Waals surface area contributed by atoms with Gasteiger partial charge in [0.05, 0.1) is 0 Å². The topological polar surface area (TPSA) is 91.7 Å². The normalized spacial score (nSPS) is 17.7. The molecule has 2 heterocycles. The molecule has 1 aliphatic rings. The molecule has 0 amide bonds. The van der Waals surface area contributed by atoms with Crippen LogP contribution in [0.1, 0.15) is 110 Å². The van der Waals surface area contributed by atoms with Crippen molar-refractivity contribution in [2.24, 2.45) is 11.8 Å². The lowest BCUT2D eigenvalue weighted by Crippen LogP contribution is -2.23. The molecule has 0 radical (unpaired) electrons. The van der Waals surface area contributed by atoms with Crippen molar-refractivity contribution in [1.82, 2.24) is 14.6 Å². The molecule has 0 aliphatic heterocycles. The van der Waals surface area contributed by atoms with Crippen molar-refractivity contribution in [2.45, 2.75) is 110 Å². The Labute approximate surface area is 268 Å². The fraction of sp³-hybridized carbons (Fsp3) is 0.500. The van der Waals surface area contributed by atoms with Crippen molar-refractivity contribution >= 4 is 17.3 Å². The number of nitrogen functional groups attached to an aromatic ring is 1. The number of para-hydroxylation sites is 1. The molecule has 1 aliphatic carbocycles. The minimum atomic E-state index is -0.403. The summed E-state index contributed by atoms with van der Waals surface area (Å²) in [6, 6.07) is 20.3. The molecule has 1 fully saturated rings. The number of nitrogens with zero attached hydrogens (tertiary/aromatic N) is 3. The van der Waals surface area contributed by atoms with E-state index in [9.17, 15) is 4.79 Å². The lowest BCUT2D eigenvalue weighted by Gasteiger charge is -2.34. The van der Waals surface area contributed by atoms with Crippen LogP contribution >= 0.6 is 0 Å². The number of carbonyl (C=O) groups excluding carboxylic acids is 1. The van der Waals surface area contributed by atoms with Crippen LogP contribution in [0.4, 0.5) is 5.82 Å². The summed E-state index contributed by atoms with van der Waals surface area (Å²) >= 11 is 0. The van der Waals surface area contributed by atoms with E-state index in [0.717, 1.165) is 65.7 Å². The number of benzene rings is 2. The van der Waals surface area contributed by atoms with Crippen LogP contribution < -0.4 is 10.5 Å². The van der Waals surface area contributed by atoms with Crippen molar-refractivity contribution in [3.8, 4) is 22.6 Å². The molecular weight excluding hydrogens is 560 g/mol. The van der Waals surface area contributed by atoms with Gasteiger partial charge in [0.1, 0.15) is 28.9 Å². The third-order valence-electron chi connectivity index (χ3n) is 9.15. The molecule has 45 heavy (non-hydrogen) atoms. The van der Waals surface area contributed by atoms with Crippen LogP contribution in [0.2, 0.25) is 0 Å². The van der Waals surface area contributed by atoms with Gasteiger partial charge in [0.15, 0.2) is 5.82 Å². The second kappa shape index (κ2) is 14.9. The lowest BCUT2D eigenvalue weighted by atomic mass is 9.72. The number of anilines is 1. The van der Waals surface area contributed by atoms with Crippen molar-refractivity contribution in [3.05, 3.63) is 72.7 Å². The molecule has 1 saturated carbocycles.